The molecule has 1 aliphatic carbocycles. The molecule has 5 nitrogen and oxygen atoms in total. The van der Waals surface area contributed by atoms with Crippen molar-refractivity contribution in [2.75, 3.05) is 7.11 Å². The summed E-state index contributed by atoms with van der Waals surface area (Å²) in [5.74, 6) is 0.201. The maximum Gasteiger partial charge on any atom is 0.305 e. The minimum Gasteiger partial charge on any atom is -0.469 e. The summed E-state index contributed by atoms with van der Waals surface area (Å²) in [5.41, 5.74) is 0. The number of nitrogens with one attached hydrogen (secondary N) is 1. The Morgan fingerprint density at radius 1 is 1.32 bits per heavy atom. The molecule has 7 heteroatoms. The van der Waals surface area contributed by atoms with E-state index in [2.05, 4.69) is 37.5 Å². The number of halogens is 1. The van der Waals surface area contributed by atoms with E-state index in [1.807, 2.05) is 0 Å². The summed E-state index contributed by atoms with van der Waals surface area (Å²) in [4.78, 5) is 11.3. The Bertz CT molecular complexity index is 700. The molecule has 1 N–H and O–H groups in total. The molecule has 0 aliphatic heterocycles. The second-order valence-corrected chi connectivity index (χ2v) is 8.87. The van der Waals surface area contributed by atoms with Gasteiger partial charge >= 0.3 is 5.97 Å². The number of hydrogen-bond donors (Lipinski definition) is 1. The summed E-state index contributed by atoms with van der Waals surface area (Å²) >= 11 is 3.31. The van der Waals surface area contributed by atoms with Gasteiger partial charge in [-0.1, -0.05) is 28.1 Å². The van der Waals surface area contributed by atoms with Crippen LogP contribution < -0.4 is 4.72 Å². The number of ether oxygens (including phenoxy) is 1. The van der Waals surface area contributed by atoms with Gasteiger partial charge in [0, 0.05) is 16.9 Å². The number of benzene rings is 1. The van der Waals surface area contributed by atoms with Crippen molar-refractivity contribution in [3.05, 3.63) is 40.9 Å². The summed E-state index contributed by atoms with van der Waals surface area (Å²) in [7, 11) is -2.08. The number of rotatable bonds is 8. The lowest BCUT2D eigenvalue weighted by Gasteiger charge is -2.13. The molecule has 1 saturated carbocycles. The fourth-order valence-electron chi connectivity index (χ4n) is 2.95. The Hall–Kier alpha value is -1.18. The highest BCUT2D eigenvalue weighted by atomic mass is 79.9. The van der Waals surface area contributed by atoms with E-state index in [4.69, 9.17) is 0 Å². The molecule has 0 spiro atoms. The number of carbonyl (C=O) groups excluding carboxylic acids is 1. The highest BCUT2D eigenvalue weighted by Gasteiger charge is 2.27. The molecule has 2 atom stereocenters. The minimum atomic E-state index is -3.47. The number of esters is 1. The molecule has 1 aromatic carbocycles. The van der Waals surface area contributed by atoms with Gasteiger partial charge in [0.1, 0.15) is 0 Å². The monoisotopic (exact) mass is 429 g/mol. The molecule has 2 unspecified atom stereocenters. The number of carbonyl (C=O) groups is 1. The van der Waals surface area contributed by atoms with Gasteiger partial charge in [0.2, 0.25) is 10.0 Å². The molecule has 25 heavy (non-hydrogen) atoms. The predicted molar refractivity (Wildman–Crippen MR) is 101 cm³/mol. The quantitative estimate of drug-likeness (QED) is 0.387. The van der Waals surface area contributed by atoms with E-state index in [0.29, 0.717) is 12.3 Å². The van der Waals surface area contributed by atoms with Crippen molar-refractivity contribution >= 4 is 31.9 Å². The highest BCUT2D eigenvalue weighted by molar-refractivity contribution is 9.10. The van der Waals surface area contributed by atoms with Crippen LogP contribution in [0.1, 0.15) is 38.5 Å². The number of unbranched alkanes of at least 4 members (excludes halogenated alkanes) is 1. The van der Waals surface area contributed by atoms with Crippen molar-refractivity contribution in [3.8, 4) is 0 Å². The molecule has 1 aliphatic rings. The van der Waals surface area contributed by atoms with E-state index in [0.717, 1.165) is 36.6 Å². The molecule has 0 bridgehead atoms. The summed E-state index contributed by atoms with van der Waals surface area (Å²) in [6, 6.07) is 6.62. The lowest BCUT2D eigenvalue weighted by Crippen LogP contribution is -2.32. The van der Waals surface area contributed by atoms with Crippen molar-refractivity contribution in [2.24, 2.45) is 5.92 Å². The molecule has 0 saturated heterocycles. The zero-order chi connectivity index (χ0) is 18.3. The average molecular weight is 430 g/mol. The lowest BCUT2D eigenvalue weighted by atomic mass is 10.1. The van der Waals surface area contributed by atoms with Crippen LogP contribution in [0.5, 0.6) is 0 Å². The summed E-state index contributed by atoms with van der Waals surface area (Å²) < 4.78 is 33.1. The van der Waals surface area contributed by atoms with Crippen LogP contribution in [0.25, 0.3) is 0 Å². The molecule has 1 fully saturated rings. The Balaban J connectivity index is 1.78. The van der Waals surface area contributed by atoms with Crippen LogP contribution >= 0.6 is 15.9 Å². The van der Waals surface area contributed by atoms with Crippen LogP contribution in [0.4, 0.5) is 0 Å². The van der Waals surface area contributed by atoms with Crippen LogP contribution in [0.15, 0.2) is 45.8 Å². The SMILES string of the molecule is COC(=O)CCC/C=C\C1CCC(NS(=O)(=O)c2ccc(Br)cc2)C1. The van der Waals surface area contributed by atoms with Crippen molar-refractivity contribution in [2.45, 2.75) is 49.5 Å². The predicted octanol–water partition coefficient (Wildman–Crippen LogP) is 3.80. The van der Waals surface area contributed by atoms with E-state index >= 15 is 0 Å². The lowest BCUT2D eigenvalue weighted by molar-refractivity contribution is -0.140. The molecule has 0 amide bonds. The summed E-state index contributed by atoms with van der Waals surface area (Å²) in [5, 5.41) is 0. The Morgan fingerprint density at radius 3 is 2.72 bits per heavy atom. The summed E-state index contributed by atoms with van der Waals surface area (Å²) in [6.07, 6.45) is 8.89. The normalized spacial score (nSPS) is 20.9. The maximum absolute atomic E-state index is 12.4. The molecule has 2 rings (SSSR count). The standard InChI is InChI=1S/C18H24BrNO4S/c1-24-18(21)6-4-2-3-5-14-7-10-16(13-14)20-25(22,23)17-11-8-15(19)9-12-17/h3,5,8-9,11-12,14,16,20H,2,4,6-7,10,13H2,1H3/b5-3-. The van der Waals surface area contributed by atoms with Gasteiger partial charge in [-0.15, -0.1) is 0 Å². The van der Waals surface area contributed by atoms with E-state index in [1.165, 1.54) is 7.11 Å². The van der Waals surface area contributed by atoms with Gasteiger partial charge in [0.15, 0.2) is 0 Å². The first-order valence-electron chi connectivity index (χ1n) is 8.42. The maximum atomic E-state index is 12.4. The molecular weight excluding hydrogens is 406 g/mol. The zero-order valence-corrected chi connectivity index (χ0v) is 16.7. The van der Waals surface area contributed by atoms with E-state index in [9.17, 15) is 13.2 Å². The Labute approximate surface area is 158 Å². The molecule has 1 aromatic rings. The fraction of sp³-hybridized carbons (Fsp3) is 0.500. The van der Waals surface area contributed by atoms with Crippen LogP contribution in [0.2, 0.25) is 0 Å². The zero-order valence-electron chi connectivity index (χ0n) is 14.3. The minimum absolute atomic E-state index is 0.0293. The van der Waals surface area contributed by atoms with Crippen LogP contribution in [0.3, 0.4) is 0 Å². The van der Waals surface area contributed by atoms with Gasteiger partial charge in [-0.05, 0) is 62.3 Å². The average Bonchev–Trinajstić information content (AvgIpc) is 3.01. The molecule has 0 heterocycles. The molecule has 0 radical (unpaired) electrons. The third kappa shape index (κ3) is 6.56. The largest absolute Gasteiger partial charge is 0.469 e. The van der Waals surface area contributed by atoms with E-state index < -0.39 is 10.0 Å². The topological polar surface area (TPSA) is 72.5 Å². The van der Waals surface area contributed by atoms with Gasteiger partial charge < -0.3 is 4.74 Å². The van der Waals surface area contributed by atoms with Gasteiger partial charge in [-0.2, -0.15) is 0 Å². The van der Waals surface area contributed by atoms with Crippen LogP contribution in [-0.2, 0) is 19.6 Å². The van der Waals surface area contributed by atoms with Gasteiger partial charge in [-0.3, -0.25) is 4.79 Å². The van der Waals surface area contributed by atoms with E-state index in [1.54, 1.807) is 24.3 Å². The Morgan fingerprint density at radius 2 is 2.04 bits per heavy atom. The van der Waals surface area contributed by atoms with Gasteiger partial charge in [-0.25, -0.2) is 13.1 Å². The number of hydrogen-bond acceptors (Lipinski definition) is 4. The first-order valence-corrected chi connectivity index (χ1v) is 10.7. The first kappa shape index (κ1) is 20.1. The first-order chi connectivity index (χ1) is 11.9. The third-order valence-corrected chi connectivity index (χ3v) is 6.37. The molecule has 0 aromatic heterocycles. The smallest absolute Gasteiger partial charge is 0.305 e. The molecule has 138 valence electrons. The number of sulfonamides is 1. The third-order valence-electron chi connectivity index (χ3n) is 4.31. The van der Waals surface area contributed by atoms with Crippen LogP contribution in [-0.4, -0.2) is 27.5 Å². The van der Waals surface area contributed by atoms with Crippen molar-refractivity contribution in [1.82, 2.24) is 4.72 Å². The van der Waals surface area contributed by atoms with Crippen molar-refractivity contribution in [1.29, 1.82) is 0 Å². The number of allylic oxidation sites excluding steroid dienone is 2. The van der Waals surface area contributed by atoms with E-state index in [-0.39, 0.29) is 16.9 Å². The highest BCUT2D eigenvalue weighted by Crippen LogP contribution is 2.28. The summed E-state index contributed by atoms with van der Waals surface area (Å²) in [6.45, 7) is 0. The van der Waals surface area contributed by atoms with Crippen LogP contribution in [0, 0.1) is 5.92 Å². The van der Waals surface area contributed by atoms with Gasteiger partial charge in [0.05, 0.1) is 12.0 Å². The second kappa shape index (κ2) is 9.50. The van der Waals surface area contributed by atoms with Crippen molar-refractivity contribution < 1.29 is 17.9 Å². The van der Waals surface area contributed by atoms with Crippen molar-refractivity contribution in [3.63, 3.8) is 0 Å². The number of methoxy groups -OCH3 is 1. The van der Waals surface area contributed by atoms with Gasteiger partial charge in [0.25, 0.3) is 0 Å². The Kier molecular flexibility index (Phi) is 7.65. The molecular formula is C18H24BrNO4S. The second-order valence-electron chi connectivity index (χ2n) is 6.24. The fourth-order valence-corrected chi connectivity index (χ4v) is 4.50.